The topological polar surface area (TPSA) is 151 Å². The Bertz CT molecular complexity index is 1360. The minimum absolute atomic E-state index is 0.00732. The van der Waals surface area contributed by atoms with Crippen LogP contribution in [0.5, 0.6) is 5.88 Å². The van der Waals surface area contributed by atoms with Crippen LogP contribution in [-0.4, -0.2) is 55.7 Å². The molecule has 0 aliphatic heterocycles. The molecule has 0 saturated heterocycles. The van der Waals surface area contributed by atoms with E-state index >= 15 is 0 Å². The number of nitrogens with zero attached hydrogens (tertiary/aromatic N) is 7. The monoisotopic (exact) mass is 504 g/mol. The molecule has 12 nitrogen and oxygen atoms in total. The van der Waals surface area contributed by atoms with Crippen molar-refractivity contribution in [3.05, 3.63) is 59.5 Å². The van der Waals surface area contributed by atoms with Crippen molar-refractivity contribution in [1.82, 2.24) is 34.9 Å². The summed E-state index contributed by atoms with van der Waals surface area (Å²) in [6.45, 7) is 3.40. The van der Waals surface area contributed by atoms with Crippen LogP contribution < -0.4 is 9.46 Å². The summed E-state index contributed by atoms with van der Waals surface area (Å²) in [5.74, 6) is 0.980. The number of anilines is 1. The Hall–Kier alpha value is -3.58. The predicted molar refractivity (Wildman–Crippen MR) is 123 cm³/mol. The van der Waals surface area contributed by atoms with Gasteiger partial charge in [0.1, 0.15) is 11.5 Å². The van der Waals surface area contributed by atoms with Crippen LogP contribution in [0, 0.1) is 0 Å². The maximum absolute atomic E-state index is 13.2. The fourth-order valence-corrected chi connectivity index (χ4v) is 4.45. The zero-order valence-electron chi connectivity index (χ0n) is 18.5. The summed E-state index contributed by atoms with van der Waals surface area (Å²) < 4.78 is 40.9. The molecule has 0 bridgehead atoms. The van der Waals surface area contributed by atoms with Crippen molar-refractivity contribution >= 4 is 27.6 Å². The average molecular weight is 505 g/mol. The van der Waals surface area contributed by atoms with E-state index < -0.39 is 21.2 Å². The third kappa shape index (κ3) is 4.99. The third-order valence-electron chi connectivity index (χ3n) is 5.19. The van der Waals surface area contributed by atoms with E-state index in [-0.39, 0.29) is 12.5 Å². The summed E-state index contributed by atoms with van der Waals surface area (Å²) in [5, 5.41) is 11.4. The molecule has 0 aliphatic rings. The lowest BCUT2D eigenvalue weighted by atomic mass is 10.1. The van der Waals surface area contributed by atoms with Crippen LogP contribution in [0.4, 0.5) is 5.95 Å². The van der Waals surface area contributed by atoms with Gasteiger partial charge in [-0.25, -0.2) is 23.4 Å². The van der Waals surface area contributed by atoms with E-state index in [2.05, 4.69) is 35.0 Å². The largest absolute Gasteiger partial charge is 0.481 e. The highest BCUT2D eigenvalue weighted by molar-refractivity contribution is 7.93. The molecule has 4 heterocycles. The van der Waals surface area contributed by atoms with Gasteiger partial charge >= 0.3 is 0 Å². The van der Waals surface area contributed by atoms with Crippen molar-refractivity contribution in [2.45, 2.75) is 31.6 Å². The standard InChI is InChI=1S/C20H21ClN8O4S/c1-12(18-22-9-14(21)10-23-18)13(2)34(30,31)28-20-27-26-19(16-5-4-6-17(25-16)32-3)29(20)11-15-7-8-24-33-15/h4-10,12-13H,11H2,1-3H3,(H,27,28). The van der Waals surface area contributed by atoms with E-state index in [1.54, 1.807) is 38.1 Å². The second-order valence-electron chi connectivity index (χ2n) is 7.38. The molecule has 0 radical (unpaired) electrons. The number of hydrogen-bond acceptors (Lipinski definition) is 10. The fraction of sp³-hybridized carbons (Fsp3) is 0.300. The number of methoxy groups -OCH3 is 1. The van der Waals surface area contributed by atoms with Crippen LogP contribution in [0.2, 0.25) is 5.02 Å². The zero-order chi connectivity index (χ0) is 24.3. The molecular formula is C20H21ClN8O4S. The van der Waals surface area contributed by atoms with Gasteiger partial charge in [0.2, 0.25) is 21.9 Å². The molecule has 4 aromatic rings. The van der Waals surface area contributed by atoms with Crippen molar-refractivity contribution in [2.24, 2.45) is 0 Å². The van der Waals surface area contributed by atoms with Crippen molar-refractivity contribution in [3.8, 4) is 17.4 Å². The highest BCUT2D eigenvalue weighted by atomic mass is 35.5. The van der Waals surface area contributed by atoms with Crippen molar-refractivity contribution in [2.75, 3.05) is 11.8 Å². The molecule has 4 aromatic heterocycles. The van der Waals surface area contributed by atoms with Crippen LogP contribution >= 0.6 is 11.6 Å². The summed E-state index contributed by atoms with van der Waals surface area (Å²) in [7, 11) is -2.43. The number of pyridine rings is 1. The number of nitrogens with one attached hydrogen (secondary N) is 1. The Balaban J connectivity index is 1.67. The normalized spacial score (nSPS) is 13.4. The molecule has 0 saturated carbocycles. The Labute approximate surface area is 200 Å². The molecule has 34 heavy (non-hydrogen) atoms. The molecule has 0 spiro atoms. The number of halogens is 1. The summed E-state index contributed by atoms with van der Waals surface area (Å²) >= 11 is 5.84. The molecule has 0 aromatic carbocycles. The minimum Gasteiger partial charge on any atom is -0.481 e. The maximum Gasteiger partial charge on any atom is 0.239 e. The van der Waals surface area contributed by atoms with Crippen LogP contribution in [-0.2, 0) is 16.6 Å². The Morgan fingerprint density at radius 1 is 1.18 bits per heavy atom. The average Bonchev–Trinajstić information content (AvgIpc) is 3.49. The molecule has 1 N–H and O–H groups in total. The second kappa shape index (κ2) is 9.73. The first-order valence-corrected chi connectivity index (χ1v) is 12.0. The van der Waals surface area contributed by atoms with Crippen molar-refractivity contribution in [1.29, 1.82) is 0 Å². The Morgan fingerprint density at radius 2 is 1.94 bits per heavy atom. The van der Waals surface area contributed by atoms with Crippen LogP contribution in [0.1, 0.15) is 31.4 Å². The third-order valence-corrected chi connectivity index (χ3v) is 7.24. The molecule has 2 atom stereocenters. The number of hydrogen-bond donors (Lipinski definition) is 1. The van der Waals surface area contributed by atoms with E-state index in [0.29, 0.717) is 34.0 Å². The summed E-state index contributed by atoms with van der Waals surface area (Å²) in [5.41, 5.74) is 0.438. The molecule has 0 amide bonds. The summed E-state index contributed by atoms with van der Waals surface area (Å²) in [6.07, 6.45) is 4.34. The number of aromatic nitrogens is 7. The van der Waals surface area contributed by atoms with Gasteiger partial charge in [-0.2, -0.15) is 0 Å². The lowest BCUT2D eigenvalue weighted by molar-refractivity contribution is 0.377. The van der Waals surface area contributed by atoms with E-state index in [1.807, 2.05) is 0 Å². The molecule has 178 valence electrons. The summed E-state index contributed by atoms with van der Waals surface area (Å²) in [6, 6.07) is 6.80. The van der Waals surface area contributed by atoms with Crippen molar-refractivity contribution < 1.29 is 17.7 Å². The first kappa shape index (κ1) is 23.6. The van der Waals surface area contributed by atoms with Gasteiger partial charge in [0.05, 0.1) is 30.1 Å². The fourth-order valence-electron chi connectivity index (χ4n) is 3.11. The first-order valence-electron chi connectivity index (χ1n) is 10.1. The zero-order valence-corrected chi connectivity index (χ0v) is 20.0. The van der Waals surface area contributed by atoms with Gasteiger partial charge in [-0.15, -0.1) is 10.2 Å². The van der Waals surface area contributed by atoms with Crippen LogP contribution in [0.15, 0.2) is 47.4 Å². The SMILES string of the molecule is COc1cccc(-c2nnc(NS(=O)(=O)C(C)C(C)c3ncc(Cl)cn3)n2Cc2ccno2)n1. The maximum atomic E-state index is 13.2. The quantitative estimate of drug-likeness (QED) is 0.360. The van der Waals surface area contributed by atoms with Gasteiger partial charge < -0.3 is 9.26 Å². The second-order valence-corrected chi connectivity index (χ2v) is 9.85. The lowest BCUT2D eigenvalue weighted by Crippen LogP contribution is -2.31. The summed E-state index contributed by atoms with van der Waals surface area (Å²) in [4.78, 5) is 12.7. The number of sulfonamides is 1. The predicted octanol–water partition coefficient (Wildman–Crippen LogP) is 2.76. The minimum atomic E-state index is -3.93. The molecule has 4 rings (SSSR count). The molecule has 2 unspecified atom stereocenters. The van der Waals surface area contributed by atoms with Gasteiger partial charge in [-0.05, 0) is 13.0 Å². The number of ether oxygens (including phenoxy) is 1. The van der Waals surface area contributed by atoms with Gasteiger partial charge in [0.15, 0.2) is 11.6 Å². The van der Waals surface area contributed by atoms with Gasteiger partial charge in [-0.1, -0.05) is 29.7 Å². The van der Waals surface area contributed by atoms with Gasteiger partial charge in [0, 0.05) is 30.4 Å². The molecular weight excluding hydrogens is 484 g/mol. The smallest absolute Gasteiger partial charge is 0.239 e. The molecule has 0 aliphatic carbocycles. The van der Waals surface area contributed by atoms with E-state index in [4.69, 9.17) is 20.9 Å². The van der Waals surface area contributed by atoms with Gasteiger partial charge in [-0.3, -0.25) is 9.29 Å². The highest BCUT2D eigenvalue weighted by Gasteiger charge is 2.31. The first-order chi connectivity index (χ1) is 16.3. The van der Waals surface area contributed by atoms with E-state index in [0.717, 1.165) is 0 Å². The number of rotatable bonds is 9. The van der Waals surface area contributed by atoms with E-state index in [1.165, 1.54) is 30.3 Å². The highest BCUT2D eigenvalue weighted by Crippen LogP contribution is 2.26. The van der Waals surface area contributed by atoms with Crippen LogP contribution in [0.25, 0.3) is 11.5 Å². The molecule has 14 heteroatoms. The Kier molecular flexibility index (Phi) is 6.75. The van der Waals surface area contributed by atoms with Gasteiger partial charge in [0.25, 0.3) is 0 Å². The molecule has 0 fully saturated rings. The van der Waals surface area contributed by atoms with Crippen LogP contribution in [0.3, 0.4) is 0 Å². The lowest BCUT2D eigenvalue weighted by Gasteiger charge is -2.20. The van der Waals surface area contributed by atoms with Crippen molar-refractivity contribution in [3.63, 3.8) is 0 Å². The Morgan fingerprint density at radius 3 is 2.62 bits per heavy atom. The van der Waals surface area contributed by atoms with E-state index in [9.17, 15) is 8.42 Å².